The maximum absolute atomic E-state index is 11.8. The molecule has 2 aromatic heterocycles. The molecular weight excluding hydrogens is 312 g/mol. The highest BCUT2D eigenvalue weighted by Crippen LogP contribution is 2.25. The summed E-state index contributed by atoms with van der Waals surface area (Å²) in [6.45, 7) is 5.37. The summed E-state index contributed by atoms with van der Waals surface area (Å²) in [6.07, 6.45) is 0. The first-order valence-electron chi connectivity index (χ1n) is 7.34. The number of rotatable bonds is 4. The molecule has 0 spiro atoms. The lowest BCUT2D eigenvalue weighted by molar-refractivity contribution is -0.257. The van der Waals surface area contributed by atoms with Gasteiger partial charge in [-0.3, -0.25) is 0 Å². The molecule has 3 rings (SSSR count). The van der Waals surface area contributed by atoms with Crippen molar-refractivity contribution in [1.82, 2.24) is 0 Å². The molecule has 0 saturated carbocycles. The van der Waals surface area contributed by atoms with E-state index in [2.05, 4.69) is 0 Å². The molecule has 0 aliphatic rings. The number of carbonyl (C=O) groups is 1. The van der Waals surface area contributed by atoms with Gasteiger partial charge in [0.2, 0.25) is 0 Å². The van der Waals surface area contributed by atoms with Gasteiger partial charge in [-0.2, -0.15) is 0 Å². The van der Waals surface area contributed by atoms with Crippen LogP contribution in [0.15, 0.2) is 37.9 Å². The monoisotopic (exact) mass is 327 g/mol. The number of hydrogen-bond donors (Lipinski definition) is 0. The van der Waals surface area contributed by atoms with Crippen molar-refractivity contribution in [2.75, 3.05) is 0 Å². The normalized spacial score (nSPS) is 11.0. The van der Waals surface area contributed by atoms with Crippen molar-refractivity contribution >= 4 is 16.9 Å². The molecule has 3 aromatic rings. The molecule has 0 fully saturated rings. The van der Waals surface area contributed by atoms with Crippen molar-refractivity contribution in [3.05, 3.63) is 62.9 Å². The van der Waals surface area contributed by atoms with Gasteiger partial charge >= 0.3 is 5.63 Å². The van der Waals surface area contributed by atoms with Crippen LogP contribution in [0.3, 0.4) is 0 Å². The van der Waals surface area contributed by atoms with Crippen LogP contribution in [0.4, 0.5) is 0 Å². The molecule has 6 nitrogen and oxygen atoms in total. The Bertz CT molecular complexity index is 993. The maximum Gasteiger partial charge on any atom is 0.339 e. The molecule has 1 aromatic carbocycles. The van der Waals surface area contributed by atoms with Gasteiger partial charge in [0.25, 0.3) is 0 Å². The Hall–Kier alpha value is -3.02. The predicted octanol–water partition coefficient (Wildman–Crippen LogP) is 2.25. The van der Waals surface area contributed by atoms with Crippen LogP contribution in [0.5, 0.6) is 5.75 Å². The van der Waals surface area contributed by atoms with Crippen molar-refractivity contribution in [2.24, 2.45) is 0 Å². The summed E-state index contributed by atoms with van der Waals surface area (Å²) in [6, 6.07) is 6.60. The zero-order chi connectivity index (χ0) is 17.4. The minimum Gasteiger partial charge on any atom is -0.542 e. The Labute approximate surface area is 137 Å². The minimum atomic E-state index is -1.37. The standard InChI is InChI=1S/C18H16O6/c1-9-10(2)18(21)24-15-7-13(4-5-14(9)15)22-8-12-6-16(17(19)20)23-11(12)3/h4-7H,8H2,1-3H3,(H,19,20)/p-1. The van der Waals surface area contributed by atoms with Gasteiger partial charge in [-0.15, -0.1) is 0 Å². The molecule has 0 saturated heterocycles. The molecule has 0 aliphatic heterocycles. The van der Waals surface area contributed by atoms with Crippen LogP contribution >= 0.6 is 0 Å². The van der Waals surface area contributed by atoms with Crippen molar-refractivity contribution in [3.8, 4) is 5.75 Å². The van der Waals surface area contributed by atoms with Gasteiger partial charge < -0.3 is 23.5 Å². The molecule has 24 heavy (non-hydrogen) atoms. The van der Waals surface area contributed by atoms with E-state index in [0.29, 0.717) is 28.2 Å². The van der Waals surface area contributed by atoms with Crippen LogP contribution in [0.25, 0.3) is 11.0 Å². The molecule has 0 unspecified atom stereocenters. The SMILES string of the molecule is Cc1oc(C(=O)[O-])cc1COc1ccc2c(C)c(C)c(=O)oc2c1. The Morgan fingerprint density at radius 2 is 1.88 bits per heavy atom. The number of benzene rings is 1. The summed E-state index contributed by atoms with van der Waals surface area (Å²) in [5.74, 6) is -0.651. The van der Waals surface area contributed by atoms with E-state index < -0.39 is 5.97 Å². The number of aryl methyl sites for hydroxylation is 2. The van der Waals surface area contributed by atoms with E-state index in [1.807, 2.05) is 13.0 Å². The van der Waals surface area contributed by atoms with Crippen molar-refractivity contribution in [3.63, 3.8) is 0 Å². The number of carboxylic acid groups (broad SMARTS) is 1. The summed E-state index contributed by atoms with van der Waals surface area (Å²) in [5.41, 5.74) is 2.13. The van der Waals surface area contributed by atoms with Gasteiger partial charge in [0.05, 0.1) is 0 Å². The van der Waals surface area contributed by atoms with E-state index in [1.165, 1.54) is 6.07 Å². The summed E-state index contributed by atoms with van der Waals surface area (Å²) in [5, 5.41) is 11.6. The molecule has 0 N–H and O–H groups in total. The maximum atomic E-state index is 11.8. The Kier molecular flexibility index (Phi) is 3.89. The highest BCUT2D eigenvalue weighted by molar-refractivity contribution is 5.83. The molecule has 124 valence electrons. The second-order valence-electron chi connectivity index (χ2n) is 5.57. The van der Waals surface area contributed by atoms with Gasteiger partial charge in [0, 0.05) is 22.6 Å². The summed E-state index contributed by atoms with van der Waals surface area (Å²) in [7, 11) is 0. The molecule has 0 bridgehead atoms. The van der Waals surface area contributed by atoms with Crippen molar-refractivity contribution in [2.45, 2.75) is 27.4 Å². The largest absolute Gasteiger partial charge is 0.542 e. The summed E-state index contributed by atoms with van der Waals surface area (Å²) in [4.78, 5) is 22.6. The van der Waals surface area contributed by atoms with Gasteiger partial charge in [0.15, 0.2) is 0 Å². The van der Waals surface area contributed by atoms with Gasteiger partial charge in [-0.1, -0.05) is 0 Å². The van der Waals surface area contributed by atoms with Gasteiger partial charge in [-0.25, -0.2) is 4.79 Å². The van der Waals surface area contributed by atoms with Crippen LogP contribution in [0, 0.1) is 20.8 Å². The highest BCUT2D eigenvalue weighted by Gasteiger charge is 2.11. The molecule has 0 amide bonds. The van der Waals surface area contributed by atoms with Crippen LogP contribution in [0.2, 0.25) is 0 Å². The lowest BCUT2D eigenvalue weighted by Crippen LogP contribution is -2.21. The van der Waals surface area contributed by atoms with Crippen molar-refractivity contribution < 1.29 is 23.5 Å². The molecule has 6 heteroatoms. The average Bonchev–Trinajstić information content (AvgIpc) is 2.92. The third-order valence-corrected chi connectivity index (χ3v) is 4.04. The van der Waals surface area contributed by atoms with Crippen LogP contribution in [-0.4, -0.2) is 5.97 Å². The third kappa shape index (κ3) is 2.78. The lowest BCUT2D eigenvalue weighted by atomic mass is 10.1. The number of fused-ring (bicyclic) bond motifs is 1. The molecule has 0 aliphatic carbocycles. The minimum absolute atomic E-state index is 0.128. The fourth-order valence-electron chi connectivity index (χ4n) is 2.44. The topological polar surface area (TPSA) is 92.7 Å². The van der Waals surface area contributed by atoms with Crippen molar-refractivity contribution in [1.29, 1.82) is 0 Å². The zero-order valence-corrected chi connectivity index (χ0v) is 13.5. The molecule has 2 heterocycles. The zero-order valence-electron chi connectivity index (χ0n) is 13.5. The fraction of sp³-hybridized carbons (Fsp3) is 0.222. The second kappa shape index (κ2) is 5.88. The quantitative estimate of drug-likeness (QED) is 0.682. The summed E-state index contributed by atoms with van der Waals surface area (Å²) < 4.78 is 16.0. The number of furan rings is 1. The van der Waals surface area contributed by atoms with Crippen LogP contribution < -0.4 is 15.5 Å². The first kappa shape index (κ1) is 15.9. The number of aromatic carboxylic acids is 1. The fourth-order valence-corrected chi connectivity index (χ4v) is 2.44. The lowest BCUT2D eigenvalue weighted by Gasteiger charge is -2.08. The summed E-state index contributed by atoms with van der Waals surface area (Å²) >= 11 is 0. The molecular formula is C18H15O6-. The van der Waals surface area contributed by atoms with E-state index in [4.69, 9.17) is 13.6 Å². The van der Waals surface area contributed by atoms with Gasteiger partial charge in [0.1, 0.15) is 35.4 Å². The number of carbonyl (C=O) groups excluding carboxylic acids is 1. The number of carboxylic acids is 1. The average molecular weight is 327 g/mol. The van der Waals surface area contributed by atoms with E-state index >= 15 is 0 Å². The second-order valence-corrected chi connectivity index (χ2v) is 5.57. The molecule has 0 radical (unpaired) electrons. The Balaban J connectivity index is 1.87. The smallest absolute Gasteiger partial charge is 0.339 e. The first-order valence-corrected chi connectivity index (χ1v) is 7.34. The van der Waals surface area contributed by atoms with E-state index in [9.17, 15) is 14.7 Å². The Morgan fingerprint density at radius 3 is 2.54 bits per heavy atom. The first-order chi connectivity index (χ1) is 11.4. The van der Waals surface area contributed by atoms with E-state index in [1.54, 1.807) is 26.0 Å². The van der Waals surface area contributed by atoms with Crippen LogP contribution in [-0.2, 0) is 6.61 Å². The number of hydrogen-bond acceptors (Lipinski definition) is 6. The number of ether oxygens (including phenoxy) is 1. The van der Waals surface area contributed by atoms with E-state index in [0.717, 1.165) is 10.9 Å². The third-order valence-electron chi connectivity index (χ3n) is 4.04. The van der Waals surface area contributed by atoms with Crippen LogP contribution in [0.1, 0.15) is 33.0 Å². The predicted molar refractivity (Wildman–Crippen MR) is 84.1 cm³/mol. The van der Waals surface area contributed by atoms with E-state index in [-0.39, 0.29) is 18.0 Å². The Morgan fingerprint density at radius 1 is 1.12 bits per heavy atom. The highest BCUT2D eigenvalue weighted by atomic mass is 16.5. The van der Waals surface area contributed by atoms with Gasteiger partial charge in [-0.05, 0) is 44.5 Å². The molecule has 0 atom stereocenters.